The van der Waals surface area contributed by atoms with Gasteiger partial charge in [0.15, 0.2) is 0 Å². The summed E-state index contributed by atoms with van der Waals surface area (Å²) in [5.41, 5.74) is 1.23. The van der Waals surface area contributed by atoms with Crippen LogP contribution in [0.15, 0.2) is 53.9 Å². The van der Waals surface area contributed by atoms with Crippen molar-refractivity contribution in [2.24, 2.45) is 0 Å². The summed E-state index contributed by atoms with van der Waals surface area (Å²) in [5.74, 6) is 0.541. The summed E-state index contributed by atoms with van der Waals surface area (Å²) < 4.78 is 43.7. The molecule has 0 atom stereocenters. The van der Waals surface area contributed by atoms with Gasteiger partial charge in [0.05, 0.1) is 5.56 Å². The van der Waals surface area contributed by atoms with Crippen molar-refractivity contribution < 1.29 is 22.7 Å². The standard InChI is InChI=1S/C22H19F3N2O2S/c23-22(24,25)17-8-6-15(7-9-17)13-29-18-5-3-4-16(12-18)20-26-19(14-30-20)21(28)27-10-1-2-11-27/h3-9,12,14H,1-2,10-11,13H2. The van der Waals surface area contributed by atoms with Crippen molar-refractivity contribution in [2.75, 3.05) is 13.1 Å². The molecular weight excluding hydrogens is 413 g/mol. The fourth-order valence-corrected chi connectivity index (χ4v) is 4.05. The third-order valence-electron chi connectivity index (χ3n) is 4.88. The number of nitrogens with zero attached hydrogens (tertiary/aromatic N) is 2. The lowest BCUT2D eigenvalue weighted by atomic mass is 10.1. The van der Waals surface area contributed by atoms with Gasteiger partial charge in [-0.1, -0.05) is 24.3 Å². The minimum Gasteiger partial charge on any atom is -0.489 e. The maximum Gasteiger partial charge on any atom is 0.416 e. The highest BCUT2D eigenvalue weighted by molar-refractivity contribution is 7.13. The second-order valence-corrected chi connectivity index (χ2v) is 7.91. The van der Waals surface area contributed by atoms with Crippen LogP contribution in [0.2, 0.25) is 0 Å². The zero-order valence-electron chi connectivity index (χ0n) is 16.0. The van der Waals surface area contributed by atoms with Crippen LogP contribution in [0.3, 0.4) is 0 Å². The Morgan fingerprint density at radius 2 is 1.83 bits per heavy atom. The summed E-state index contributed by atoms with van der Waals surface area (Å²) in [7, 11) is 0. The van der Waals surface area contributed by atoms with Gasteiger partial charge in [-0.15, -0.1) is 11.3 Å². The lowest BCUT2D eigenvalue weighted by Gasteiger charge is -2.12. The number of thiazole rings is 1. The van der Waals surface area contributed by atoms with Gasteiger partial charge in [0.1, 0.15) is 23.1 Å². The molecule has 2 aromatic carbocycles. The van der Waals surface area contributed by atoms with E-state index in [1.807, 2.05) is 23.1 Å². The summed E-state index contributed by atoms with van der Waals surface area (Å²) in [6.07, 6.45) is -2.29. The molecule has 1 aliphatic heterocycles. The lowest BCUT2D eigenvalue weighted by Crippen LogP contribution is -2.27. The highest BCUT2D eigenvalue weighted by Gasteiger charge is 2.29. The van der Waals surface area contributed by atoms with E-state index in [0.29, 0.717) is 17.0 Å². The number of carbonyl (C=O) groups excluding carboxylic acids is 1. The number of carbonyl (C=O) groups is 1. The number of benzene rings is 2. The molecule has 8 heteroatoms. The maximum absolute atomic E-state index is 12.7. The number of alkyl halides is 3. The molecule has 30 heavy (non-hydrogen) atoms. The van der Waals surface area contributed by atoms with Gasteiger partial charge in [0.2, 0.25) is 0 Å². The first kappa shape index (κ1) is 20.4. The Morgan fingerprint density at radius 1 is 1.10 bits per heavy atom. The summed E-state index contributed by atoms with van der Waals surface area (Å²) in [5, 5.41) is 2.49. The molecule has 1 aliphatic rings. The third-order valence-corrected chi connectivity index (χ3v) is 5.78. The van der Waals surface area contributed by atoms with Gasteiger partial charge in [-0.2, -0.15) is 13.2 Å². The monoisotopic (exact) mass is 432 g/mol. The summed E-state index contributed by atoms with van der Waals surface area (Å²) >= 11 is 1.40. The van der Waals surface area contributed by atoms with E-state index in [1.165, 1.54) is 23.5 Å². The van der Waals surface area contributed by atoms with Crippen LogP contribution >= 0.6 is 11.3 Å². The first-order valence-corrected chi connectivity index (χ1v) is 10.4. The van der Waals surface area contributed by atoms with Crippen molar-refractivity contribution in [1.29, 1.82) is 0 Å². The Bertz CT molecular complexity index is 1030. The van der Waals surface area contributed by atoms with Crippen LogP contribution < -0.4 is 4.74 Å². The van der Waals surface area contributed by atoms with E-state index in [4.69, 9.17) is 4.74 Å². The Morgan fingerprint density at radius 3 is 2.53 bits per heavy atom. The van der Waals surface area contributed by atoms with Crippen molar-refractivity contribution in [3.63, 3.8) is 0 Å². The Kier molecular flexibility index (Phi) is 5.76. The third kappa shape index (κ3) is 4.64. The van der Waals surface area contributed by atoms with E-state index in [2.05, 4.69) is 4.98 Å². The van der Waals surface area contributed by atoms with Crippen molar-refractivity contribution in [3.8, 4) is 16.3 Å². The highest BCUT2D eigenvalue weighted by Crippen LogP contribution is 2.30. The first-order valence-electron chi connectivity index (χ1n) is 9.54. The van der Waals surface area contributed by atoms with Gasteiger partial charge < -0.3 is 9.64 Å². The average molecular weight is 432 g/mol. The number of hydrogen-bond acceptors (Lipinski definition) is 4. The largest absolute Gasteiger partial charge is 0.489 e. The van der Waals surface area contributed by atoms with Crippen LogP contribution in [0.4, 0.5) is 13.2 Å². The molecular formula is C22H19F3N2O2S. The van der Waals surface area contributed by atoms with E-state index in [9.17, 15) is 18.0 Å². The minimum atomic E-state index is -4.35. The molecule has 0 aliphatic carbocycles. The first-order chi connectivity index (χ1) is 14.4. The second-order valence-electron chi connectivity index (χ2n) is 7.05. The molecule has 0 saturated carbocycles. The zero-order chi connectivity index (χ0) is 21.1. The van der Waals surface area contributed by atoms with Crippen LogP contribution in [0.5, 0.6) is 5.75 Å². The molecule has 3 aromatic rings. The number of aromatic nitrogens is 1. The normalized spacial score (nSPS) is 14.2. The molecule has 1 fully saturated rings. The Balaban J connectivity index is 1.42. The van der Waals surface area contributed by atoms with Gasteiger partial charge in [-0.25, -0.2) is 4.98 Å². The maximum atomic E-state index is 12.7. The number of likely N-dealkylation sites (tertiary alicyclic amines) is 1. The molecule has 156 valence electrons. The summed E-state index contributed by atoms with van der Waals surface area (Å²) in [6, 6.07) is 12.2. The lowest BCUT2D eigenvalue weighted by molar-refractivity contribution is -0.137. The number of halogens is 3. The quantitative estimate of drug-likeness (QED) is 0.524. The number of amides is 1. The van der Waals surface area contributed by atoms with Gasteiger partial charge in [-0.05, 0) is 42.7 Å². The van der Waals surface area contributed by atoms with E-state index < -0.39 is 11.7 Å². The Labute approximate surface area is 175 Å². The molecule has 1 amide bonds. The molecule has 0 bridgehead atoms. The van der Waals surface area contributed by atoms with Gasteiger partial charge >= 0.3 is 6.18 Å². The second kappa shape index (κ2) is 8.47. The highest BCUT2D eigenvalue weighted by atomic mass is 32.1. The number of ether oxygens (including phenoxy) is 1. The van der Waals surface area contributed by atoms with Crippen LogP contribution in [0.1, 0.15) is 34.5 Å². The molecule has 2 heterocycles. The molecule has 1 saturated heterocycles. The van der Waals surface area contributed by atoms with Crippen LogP contribution in [-0.4, -0.2) is 28.9 Å². The number of rotatable bonds is 5. The molecule has 1 aromatic heterocycles. The SMILES string of the molecule is O=C(c1csc(-c2cccc(OCc3ccc(C(F)(F)F)cc3)c2)n1)N1CCCC1. The van der Waals surface area contributed by atoms with Crippen LogP contribution in [0, 0.1) is 0 Å². The molecule has 0 unspecified atom stereocenters. The fraction of sp³-hybridized carbons (Fsp3) is 0.273. The van der Waals surface area contributed by atoms with Gasteiger partial charge in [0.25, 0.3) is 5.91 Å². The predicted molar refractivity (Wildman–Crippen MR) is 108 cm³/mol. The molecule has 0 spiro atoms. The topological polar surface area (TPSA) is 42.4 Å². The predicted octanol–water partition coefficient (Wildman–Crippen LogP) is 5.64. The van der Waals surface area contributed by atoms with Crippen molar-refractivity contribution in [3.05, 3.63) is 70.7 Å². The van der Waals surface area contributed by atoms with E-state index in [1.54, 1.807) is 11.4 Å². The molecule has 4 nitrogen and oxygen atoms in total. The van der Waals surface area contributed by atoms with Crippen molar-refractivity contribution in [2.45, 2.75) is 25.6 Å². The van der Waals surface area contributed by atoms with E-state index in [0.717, 1.165) is 48.6 Å². The minimum absolute atomic E-state index is 0.0373. The zero-order valence-corrected chi connectivity index (χ0v) is 16.8. The molecule has 0 N–H and O–H groups in total. The van der Waals surface area contributed by atoms with Crippen molar-refractivity contribution in [1.82, 2.24) is 9.88 Å². The Hall–Kier alpha value is -2.87. The van der Waals surface area contributed by atoms with E-state index in [-0.39, 0.29) is 12.5 Å². The smallest absolute Gasteiger partial charge is 0.416 e. The van der Waals surface area contributed by atoms with Crippen LogP contribution in [0.25, 0.3) is 10.6 Å². The number of hydrogen-bond donors (Lipinski definition) is 0. The van der Waals surface area contributed by atoms with E-state index >= 15 is 0 Å². The van der Waals surface area contributed by atoms with Gasteiger partial charge in [0, 0.05) is 24.0 Å². The summed E-state index contributed by atoms with van der Waals surface area (Å²) in [4.78, 5) is 18.8. The molecule has 4 rings (SSSR count). The molecule has 0 radical (unpaired) electrons. The van der Waals surface area contributed by atoms with Crippen LogP contribution in [-0.2, 0) is 12.8 Å². The summed E-state index contributed by atoms with van der Waals surface area (Å²) in [6.45, 7) is 1.70. The fourth-order valence-electron chi connectivity index (χ4n) is 3.26. The average Bonchev–Trinajstić information content (AvgIpc) is 3.44. The van der Waals surface area contributed by atoms with Gasteiger partial charge in [-0.3, -0.25) is 4.79 Å². The van der Waals surface area contributed by atoms with Crippen molar-refractivity contribution >= 4 is 17.2 Å².